The summed E-state index contributed by atoms with van der Waals surface area (Å²) in [6.45, 7) is 4.25. The average Bonchev–Trinajstić information content (AvgIpc) is 2.94. The highest BCUT2D eigenvalue weighted by Crippen LogP contribution is 2.27. The Morgan fingerprint density at radius 2 is 2.05 bits per heavy atom. The van der Waals surface area contributed by atoms with Crippen LogP contribution in [0.3, 0.4) is 0 Å². The fourth-order valence-electron chi connectivity index (χ4n) is 2.33. The van der Waals surface area contributed by atoms with Crippen LogP contribution in [-0.2, 0) is 4.74 Å². The van der Waals surface area contributed by atoms with Crippen molar-refractivity contribution in [2.45, 2.75) is 6.92 Å². The summed E-state index contributed by atoms with van der Waals surface area (Å²) < 4.78 is 10.6. The number of carboxylic acids is 1. The molecule has 0 amide bonds. The van der Waals surface area contributed by atoms with Gasteiger partial charge in [-0.2, -0.15) is 0 Å². The molecule has 110 valence electrons. The largest absolute Gasteiger partial charge is 0.478 e. The van der Waals surface area contributed by atoms with Gasteiger partial charge >= 0.3 is 5.97 Å². The van der Waals surface area contributed by atoms with E-state index in [2.05, 4.69) is 10.2 Å². The third-order valence-electron chi connectivity index (χ3n) is 3.35. The number of aromatic carboxylic acids is 1. The van der Waals surface area contributed by atoms with Crippen molar-refractivity contribution in [3.05, 3.63) is 29.7 Å². The molecule has 0 unspecified atom stereocenters. The second-order valence-corrected chi connectivity index (χ2v) is 4.76. The zero-order valence-electron chi connectivity index (χ0n) is 11.6. The number of nitrogens with zero attached hydrogens (tertiary/aromatic N) is 3. The van der Waals surface area contributed by atoms with Gasteiger partial charge in [-0.05, 0) is 18.2 Å². The number of morpholine rings is 1. The Bertz CT molecular complexity index is 662. The van der Waals surface area contributed by atoms with Gasteiger partial charge < -0.3 is 19.2 Å². The lowest BCUT2D eigenvalue weighted by molar-refractivity contribution is 0.0696. The Hall–Kier alpha value is -2.41. The van der Waals surface area contributed by atoms with E-state index in [0.717, 1.165) is 0 Å². The molecule has 3 rings (SSSR count). The monoisotopic (exact) mass is 289 g/mol. The van der Waals surface area contributed by atoms with Gasteiger partial charge in [0.1, 0.15) is 0 Å². The van der Waals surface area contributed by atoms with Gasteiger partial charge in [-0.15, -0.1) is 10.2 Å². The highest BCUT2D eigenvalue weighted by Gasteiger charge is 2.20. The van der Waals surface area contributed by atoms with Gasteiger partial charge in [-0.1, -0.05) is 0 Å². The van der Waals surface area contributed by atoms with Crippen LogP contribution < -0.4 is 4.90 Å². The SMILES string of the molecule is Cc1nnc(-c2ccc(N3CCOCC3)c(C(=O)O)c2)o1. The molecule has 1 aromatic heterocycles. The van der Waals surface area contributed by atoms with Gasteiger partial charge in [0.15, 0.2) is 0 Å². The smallest absolute Gasteiger partial charge is 0.337 e. The summed E-state index contributed by atoms with van der Waals surface area (Å²) in [5.41, 5.74) is 1.51. The van der Waals surface area contributed by atoms with Crippen LogP contribution in [0.15, 0.2) is 22.6 Å². The predicted octanol–water partition coefficient (Wildman–Crippen LogP) is 1.58. The summed E-state index contributed by atoms with van der Waals surface area (Å²) >= 11 is 0. The van der Waals surface area contributed by atoms with Crippen LogP contribution in [0.4, 0.5) is 5.69 Å². The number of hydrogen-bond donors (Lipinski definition) is 1. The van der Waals surface area contributed by atoms with Crippen molar-refractivity contribution in [2.75, 3.05) is 31.2 Å². The lowest BCUT2D eigenvalue weighted by Crippen LogP contribution is -2.37. The quantitative estimate of drug-likeness (QED) is 0.917. The first-order chi connectivity index (χ1) is 10.1. The molecule has 0 spiro atoms. The third-order valence-corrected chi connectivity index (χ3v) is 3.35. The second-order valence-electron chi connectivity index (χ2n) is 4.76. The van der Waals surface area contributed by atoms with Crippen molar-refractivity contribution in [3.63, 3.8) is 0 Å². The molecular formula is C14H15N3O4. The maximum absolute atomic E-state index is 11.5. The lowest BCUT2D eigenvalue weighted by Gasteiger charge is -2.30. The summed E-state index contributed by atoms with van der Waals surface area (Å²) in [4.78, 5) is 13.5. The number of hydrogen-bond acceptors (Lipinski definition) is 6. The standard InChI is InChI=1S/C14H15N3O4/c1-9-15-16-13(21-9)10-2-3-12(11(8-10)14(18)19)17-4-6-20-7-5-17/h2-3,8H,4-7H2,1H3,(H,18,19). The van der Waals surface area contributed by atoms with Crippen LogP contribution >= 0.6 is 0 Å². The number of anilines is 1. The molecule has 1 fully saturated rings. The maximum Gasteiger partial charge on any atom is 0.337 e. The van der Waals surface area contributed by atoms with Crippen molar-refractivity contribution in [3.8, 4) is 11.5 Å². The zero-order valence-corrected chi connectivity index (χ0v) is 11.6. The molecule has 7 heteroatoms. The molecule has 21 heavy (non-hydrogen) atoms. The number of ether oxygens (including phenoxy) is 1. The fourth-order valence-corrected chi connectivity index (χ4v) is 2.33. The Morgan fingerprint density at radius 1 is 1.29 bits per heavy atom. The topological polar surface area (TPSA) is 88.7 Å². The van der Waals surface area contributed by atoms with Crippen molar-refractivity contribution >= 4 is 11.7 Å². The molecule has 1 aliphatic rings. The minimum Gasteiger partial charge on any atom is -0.478 e. The predicted molar refractivity (Wildman–Crippen MR) is 74.5 cm³/mol. The lowest BCUT2D eigenvalue weighted by atomic mass is 10.1. The summed E-state index contributed by atoms with van der Waals surface area (Å²) in [5, 5.41) is 17.1. The zero-order chi connectivity index (χ0) is 14.8. The summed E-state index contributed by atoms with van der Waals surface area (Å²) in [6, 6.07) is 5.15. The minimum atomic E-state index is -0.977. The molecule has 1 aromatic carbocycles. The van der Waals surface area contributed by atoms with Crippen molar-refractivity contribution in [2.24, 2.45) is 0 Å². The van der Waals surface area contributed by atoms with Gasteiger partial charge in [0.25, 0.3) is 0 Å². The van der Waals surface area contributed by atoms with E-state index in [4.69, 9.17) is 9.15 Å². The highest BCUT2D eigenvalue weighted by molar-refractivity contribution is 5.96. The van der Waals surface area contributed by atoms with Crippen LogP contribution in [-0.4, -0.2) is 47.6 Å². The normalized spacial score (nSPS) is 15.2. The average molecular weight is 289 g/mol. The van der Waals surface area contributed by atoms with Crippen LogP contribution in [0, 0.1) is 6.92 Å². The van der Waals surface area contributed by atoms with Gasteiger partial charge in [0.2, 0.25) is 11.8 Å². The Balaban J connectivity index is 2.00. The van der Waals surface area contributed by atoms with E-state index in [9.17, 15) is 9.90 Å². The van der Waals surface area contributed by atoms with Crippen LogP contribution in [0.1, 0.15) is 16.2 Å². The molecule has 0 radical (unpaired) electrons. The molecule has 1 aliphatic heterocycles. The number of rotatable bonds is 3. The van der Waals surface area contributed by atoms with Gasteiger partial charge in [0, 0.05) is 25.6 Å². The minimum absolute atomic E-state index is 0.227. The van der Waals surface area contributed by atoms with Crippen molar-refractivity contribution < 1.29 is 19.1 Å². The number of carbonyl (C=O) groups is 1. The highest BCUT2D eigenvalue weighted by atomic mass is 16.5. The van der Waals surface area contributed by atoms with E-state index in [-0.39, 0.29) is 5.56 Å². The molecule has 2 heterocycles. The molecule has 2 aromatic rings. The second kappa shape index (κ2) is 5.53. The molecular weight excluding hydrogens is 274 g/mol. The van der Waals surface area contributed by atoms with E-state index in [1.54, 1.807) is 25.1 Å². The Kier molecular flexibility index (Phi) is 3.57. The van der Waals surface area contributed by atoms with E-state index in [1.165, 1.54) is 0 Å². The first-order valence-corrected chi connectivity index (χ1v) is 6.65. The molecule has 0 saturated carbocycles. The van der Waals surface area contributed by atoms with E-state index in [0.29, 0.717) is 49.3 Å². The summed E-state index contributed by atoms with van der Waals surface area (Å²) in [7, 11) is 0. The first kappa shape index (κ1) is 13.6. The van der Waals surface area contributed by atoms with Crippen LogP contribution in [0.5, 0.6) is 0 Å². The molecule has 0 aliphatic carbocycles. The molecule has 1 saturated heterocycles. The van der Waals surface area contributed by atoms with Gasteiger partial charge in [0.05, 0.1) is 24.5 Å². The van der Waals surface area contributed by atoms with Gasteiger partial charge in [-0.3, -0.25) is 0 Å². The summed E-state index contributed by atoms with van der Waals surface area (Å²) in [6.07, 6.45) is 0. The molecule has 7 nitrogen and oxygen atoms in total. The fraction of sp³-hybridized carbons (Fsp3) is 0.357. The molecule has 0 bridgehead atoms. The third kappa shape index (κ3) is 2.73. The van der Waals surface area contributed by atoms with E-state index < -0.39 is 5.97 Å². The summed E-state index contributed by atoms with van der Waals surface area (Å²) in [5.74, 6) is -0.211. The van der Waals surface area contributed by atoms with Crippen molar-refractivity contribution in [1.82, 2.24) is 10.2 Å². The molecule has 0 atom stereocenters. The maximum atomic E-state index is 11.5. The van der Waals surface area contributed by atoms with Crippen molar-refractivity contribution in [1.29, 1.82) is 0 Å². The Morgan fingerprint density at radius 3 is 2.67 bits per heavy atom. The van der Waals surface area contributed by atoms with Crippen LogP contribution in [0.2, 0.25) is 0 Å². The Labute approximate surface area is 121 Å². The number of benzene rings is 1. The van der Waals surface area contributed by atoms with E-state index in [1.807, 2.05) is 4.90 Å². The van der Waals surface area contributed by atoms with E-state index >= 15 is 0 Å². The van der Waals surface area contributed by atoms with Gasteiger partial charge in [-0.25, -0.2) is 4.79 Å². The number of carboxylic acid groups (broad SMARTS) is 1. The molecule has 1 N–H and O–H groups in total. The number of aryl methyl sites for hydroxylation is 1. The first-order valence-electron chi connectivity index (χ1n) is 6.65. The number of aromatic nitrogens is 2. The van der Waals surface area contributed by atoms with Crippen LogP contribution in [0.25, 0.3) is 11.5 Å².